The summed E-state index contributed by atoms with van der Waals surface area (Å²) in [6, 6.07) is 0. The Bertz CT molecular complexity index is 1450. The van der Waals surface area contributed by atoms with Crippen LogP contribution in [0.4, 0.5) is 0 Å². The first-order chi connectivity index (χ1) is 32.8. The SMILES string of the molecule is CCCCC/C=C\C/C=C\C/C=C\C/C=C\CCCCCC(=O)OCC(O)COP(=O)(O)OCC(O)COP(=O)(O)OCC(O)COC(=O)CCCCCCCCC/C=C/CCCCCCCC. The van der Waals surface area contributed by atoms with Crippen molar-refractivity contribution in [3.8, 4) is 0 Å². The summed E-state index contributed by atoms with van der Waals surface area (Å²) in [7, 11) is -9.59. The summed E-state index contributed by atoms with van der Waals surface area (Å²) in [5.74, 6) is -1.03. The van der Waals surface area contributed by atoms with E-state index in [-0.39, 0.29) is 12.8 Å². The molecular weight excluding hydrogens is 914 g/mol. The molecule has 0 aliphatic heterocycles. The van der Waals surface area contributed by atoms with Crippen molar-refractivity contribution in [3.63, 3.8) is 0 Å². The molecule has 0 radical (unpaired) electrons. The molecule has 0 heterocycles. The van der Waals surface area contributed by atoms with Gasteiger partial charge in [0.1, 0.15) is 31.5 Å². The van der Waals surface area contributed by atoms with Gasteiger partial charge in [-0.05, 0) is 83.5 Å². The maximum absolute atomic E-state index is 12.2. The van der Waals surface area contributed by atoms with Gasteiger partial charge >= 0.3 is 27.6 Å². The average Bonchev–Trinajstić information content (AvgIpc) is 3.31. The van der Waals surface area contributed by atoms with Crippen molar-refractivity contribution in [2.24, 2.45) is 0 Å². The molecule has 0 aliphatic carbocycles. The van der Waals surface area contributed by atoms with Gasteiger partial charge in [0, 0.05) is 12.8 Å². The standard InChI is InChI=1S/C51H92O15P2/c1-3-5-7-9-11-13-15-17-19-21-22-24-26-28-30-32-34-36-38-40-51(56)62-42-48(53)44-64-68(59,60)66-46-49(54)45-65-67(57,58)63-43-47(52)41-61-50(55)39-37-35-33-31-29-27-25-23-20-18-16-14-12-10-8-6-4-2/h11,13,17-20,22,24,28,30,47-49,52-54H,3-10,12,14-16,21,23,25-27,29,31-46H2,1-2H3,(H,57,58)(H,59,60)/b13-11-,19-17-,20-18+,24-22-,30-28-. The molecule has 0 spiro atoms. The van der Waals surface area contributed by atoms with E-state index in [1.807, 2.05) is 0 Å². The number of ether oxygens (including phenoxy) is 2. The highest BCUT2D eigenvalue weighted by Crippen LogP contribution is 2.45. The lowest BCUT2D eigenvalue weighted by molar-refractivity contribution is -0.148. The van der Waals surface area contributed by atoms with E-state index in [0.717, 1.165) is 77.0 Å². The maximum atomic E-state index is 12.2. The largest absolute Gasteiger partial charge is 0.472 e. The van der Waals surface area contributed by atoms with Crippen LogP contribution in [0.5, 0.6) is 0 Å². The molecule has 0 aromatic heterocycles. The molecule has 0 bridgehead atoms. The van der Waals surface area contributed by atoms with Gasteiger partial charge in [-0.1, -0.05) is 158 Å². The summed E-state index contributed by atoms with van der Waals surface area (Å²) in [6.45, 7) is 0.352. The number of aliphatic hydroxyl groups is 3. The van der Waals surface area contributed by atoms with Gasteiger partial charge in [-0.3, -0.25) is 27.7 Å². The van der Waals surface area contributed by atoms with Crippen LogP contribution in [0.2, 0.25) is 0 Å². The Morgan fingerprint density at radius 2 is 0.632 bits per heavy atom. The number of rotatable bonds is 49. The number of hydrogen-bond donors (Lipinski definition) is 5. The molecule has 0 aromatic carbocycles. The summed E-state index contributed by atoms with van der Waals surface area (Å²) in [5.41, 5.74) is 0. The Kier molecular flexibility index (Phi) is 45.5. The quantitative estimate of drug-likeness (QED) is 0.0165. The normalized spacial score (nSPS) is 15.5. The summed E-state index contributed by atoms with van der Waals surface area (Å²) in [4.78, 5) is 43.8. The molecule has 0 aromatic rings. The molecule has 0 rings (SSSR count). The number of phosphoric ester groups is 2. The zero-order valence-electron chi connectivity index (χ0n) is 41.8. The second-order valence-electron chi connectivity index (χ2n) is 17.2. The summed E-state index contributed by atoms with van der Waals surface area (Å²) < 4.78 is 53.0. The number of carbonyl (C=O) groups is 2. The highest BCUT2D eigenvalue weighted by molar-refractivity contribution is 7.47. The third kappa shape index (κ3) is 48.8. The third-order valence-electron chi connectivity index (χ3n) is 10.4. The van der Waals surface area contributed by atoms with Crippen LogP contribution < -0.4 is 0 Å². The molecule has 0 saturated heterocycles. The van der Waals surface area contributed by atoms with Crippen LogP contribution in [-0.4, -0.2) is 95.0 Å². The highest BCUT2D eigenvalue weighted by atomic mass is 31.2. The number of allylic oxidation sites excluding steroid dienone is 10. The molecule has 68 heavy (non-hydrogen) atoms. The minimum Gasteiger partial charge on any atom is -0.463 e. The van der Waals surface area contributed by atoms with E-state index in [1.54, 1.807) is 0 Å². The fourth-order valence-electron chi connectivity index (χ4n) is 6.43. The zero-order valence-corrected chi connectivity index (χ0v) is 43.5. The lowest BCUT2D eigenvalue weighted by Crippen LogP contribution is -2.25. The third-order valence-corrected chi connectivity index (χ3v) is 12.3. The molecule has 0 fully saturated rings. The Morgan fingerprint density at radius 1 is 0.382 bits per heavy atom. The van der Waals surface area contributed by atoms with Crippen molar-refractivity contribution in [1.29, 1.82) is 0 Å². The second-order valence-corrected chi connectivity index (χ2v) is 20.1. The molecule has 5 N–H and O–H groups in total. The van der Waals surface area contributed by atoms with E-state index in [2.05, 4.69) is 92.7 Å². The zero-order chi connectivity index (χ0) is 50.2. The van der Waals surface area contributed by atoms with E-state index in [0.29, 0.717) is 12.8 Å². The number of phosphoric acid groups is 2. The van der Waals surface area contributed by atoms with Crippen molar-refractivity contribution in [2.45, 2.75) is 212 Å². The first kappa shape index (κ1) is 65.7. The van der Waals surface area contributed by atoms with Crippen molar-refractivity contribution >= 4 is 27.6 Å². The van der Waals surface area contributed by atoms with Crippen molar-refractivity contribution in [1.82, 2.24) is 0 Å². The van der Waals surface area contributed by atoms with E-state index in [1.165, 1.54) is 77.0 Å². The number of esters is 2. The van der Waals surface area contributed by atoms with E-state index < -0.39 is 85.5 Å². The summed E-state index contributed by atoms with van der Waals surface area (Å²) >= 11 is 0. The van der Waals surface area contributed by atoms with Crippen LogP contribution in [0, 0.1) is 0 Å². The van der Waals surface area contributed by atoms with Crippen LogP contribution in [0.3, 0.4) is 0 Å². The monoisotopic (exact) mass is 1010 g/mol. The molecule has 5 atom stereocenters. The smallest absolute Gasteiger partial charge is 0.463 e. The number of unbranched alkanes of at least 4 members (excludes halogenated alkanes) is 19. The van der Waals surface area contributed by atoms with Gasteiger partial charge in [-0.15, -0.1) is 0 Å². The van der Waals surface area contributed by atoms with Crippen molar-refractivity contribution in [2.75, 3.05) is 39.6 Å². The molecule has 0 saturated carbocycles. The Hall–Kier alpha value is -2.26. The molecule has 0 amide bonds. The molecule has 396 valence electrons. The van der Waals surface area contributed by atoms with Crippen molar-refractivity contribution in [3.05, 3.63) is 60.8 Å². The van der Waals surface area contributed by atoms with E-state index in [4.69, 9.17) is 9.47 Å². The predicted octanol–water partition coefficient (Wildman–Crippen LogP) is 12.2. The average molecular weight is 1010 g/mol. The van der Waals surface area contributed by atoms with E-state index >= 15 is 0 Å². The summed E-state index contributed by atoms with van der Waals surface area (Å²) in [5, 5.41) is 30.1. The number of carbonyl (C=O) groups excluding carboxylic acids is 2. The summed E-state index contributed by atoms with van der Waals surface area (Å²) in [6.07, 6.45) is 46.3. The van der Waals surface area contributed by atoms with Gasteiger partial charge in [-0.25, -0.2) is 9.13 Å². The number of aliphatic hydroxyl groups excluding tert-OH is 3. The minimum absolute atomic E-state index is 0.157. The Balaban J connectivity index is 3.91. The fraction of sp³-hybridized carbons (Fsp3) is 0.765. The van der Waals surface area contributed by atoms with Gasteiger partial charge in [-0.2, -0.15) is 0 Å². The van der Waals surface area contributed by atoms with Crippen molar-refractivity contribution < 1.29 is 71.4 Å². The van der Waals surface area contributed by atoms with Crippen LogP contribution >= 0.6 is 15.6 Å². The lowest BCUT2D eigenvalue weighted by Gasteiger charge is -2.19. The van der Waals surface area contributed by atoms with Gasteiger partial charge < -0.3 is 34.6 Å². The topological polar surface area (TPSA) is 225 Å². The first-order valence-electron chi connectivity index (χ1n) is 25.6. The van der Waals surface area contributed by atoms with Crippen LogP contribution in [-0.2, 0) is 46.3 Å². The molecule has 0 aliphatic rings. The molecular formula is C51H92O15P2. The first-order valence-corrected chi connectivity index (χ1v) is 28.6. The van der Waals surface area contributed by atoms with Gasteiger partial charge in [0.2, 0.25) is 0 Å². The molecule has 17 heteroatoms. The van der Waals surface area contributed by atoms with Crippen LogP contribution in [0.25, 0.3) is 0 Å². The minimum atomic E-state index is -4.80. The number of hydrogen-bond acceptors (Lipinski definition) is 13. The molecule has 5 unspecified atom stereocenters. The second kappa shape index (κ2) is 47.1. The maximum Gasteiger partial charge on any atom is 0.472 e. The fourth-order valence-corrected chi connectivity index (χ4v) is 8.02. The highest BCUT2D eigenvalue weighted by Gasteiger charge is 2.28. The van der Waals surface area contributed by atoms with E-state index in [9.17, 15) is 43.8 Å². The van der Waals surface area contributed by atoms with Gasteiger partial charge in [0.15, 0.2) is 0 Å². The molecule has 15 nitrogen and oxygen atoms in total. The van der Waals surface area contributed by atoms with Crippen LogP contribution in [0.1, 0.15) is 194 Å². The van der Waals surface area contributed by atoms with Crippen LogP contribution in [0.15, 0.2) is 60.8 Å². The van der Waals surface area contributed by atoms with Gasteiger partial charge in [0.25, 0.3) is 0 Å². The Morgan fingerprint density at radius 3 is 1.00 bits per heavy atom. The Labute approximate surface area is 410 Å². The van der Waals surface area contributed by atoms with Gasteiger partial charge in [0.05, 0.1) is 26.4 Å². The lowest BCUT2D eigenvalue weighted by atomic mass is 10.1. The predicted molar refractivity (Wildman–Crippen MR) is 270 cm³/mol.